The van der Waals surface area contributed by atoms with Crippen LogP contribution in [-0.4, -0.2) is 61.5 Å². The number of nitrogens with one attached hydrogen (secondary N) is 1. The Hall–Kier alpha value is -1.66. The summed E-state index contributed by atoms with van der Waals surface area (Å²) in [6.07, 6.45) is 6.81. The molecule has 30 heavy (non-hydrogen) atoms. The molecule has 1 fully saturated rings. The number of ketones is 1. The minimum Gasteiger partial charge on any atom is -0.366 e. The van der Waals surface area contributed by atoms with Crippen LogP contribution in [-0.2, 0) is 12.8 Å². The number of benzene rings is 1. The van der Waals surface area contributed by atoms with Crippen LogP contribution in [0.3, 0.4) is 0 Å². The van der Waals surface area contributed by atoms with Gasteiger partial charge in [-0.2, -0.15) is 0 Å². The van der Waals surface area contributed by atoms with Crippen molar-refractivity contribution in [3.63, 3.8) is 0 Å². The lowest BCUT2D eigenvalue weighted by atomic mass is 9.97. The second kappa shape index (κ2) is 10.1. The van der Waals surface area contributed by atoms with E-state index in [2.05, 4.69) is 32.2 Å². The van der Waals surface area contributed by atoms with Gasteiger partial charge in [-0.3, -0.25) is 14.7 Å². The van der Waals surface area contributed by atoms with Crippen LogP contribution < -0.4 is 10.2 Å². The Morgan fingerprint density at radius 1 is 1.00 bits per heavy atom. The Balaban J connectivity index is 1.25. The number of fused-ring (bicyclic) bond motifs is 1. The standard InChI is InChI=1S/C23H28Cl2N4O/c24-20-15-27-16-21(25)23(20)29-12-10-28(11-13-29)9-1-2-22(30)19-4-3-17-5-7-26-8-6-18(17)14-19/h3-4,14-16,26H,1-2,5-13H2. The molecule has 1 N–H and O–H groups in total. The van der Waals surface area contributed by atoms with Gasteiger partial charge in [0.25, 0.3) is 0 Å². The van der Waals surface area contributed by atoms with Gasteiger partial charge in [0.15, 0.2) is 5.78 Å². The van der Waals surface area contributed by atoms with Crippen molar-refractivity contribution in [2.45, 2.75) is 25.7 Å². The molecule has 0 spiro atoms. The molecule has 0 amide bonds. The monoisotopic (exact) mass is 446 g/mol. The van der Waals surface area contributed by atoms with E-state index >= 15 is 0 Å². The van der Waals surface area contributed by atoms with Crippen LogP contribution in [0.15, 0.2) is 30.6 Å². The number of hydrogen-bond donors (Lipinski definition) is 1. The summed E-state index contributed by atoms with van der Waals surface area (Å²) < 4.78 is 0. The summed E-state index contributed by atoms with van der Waals surface area (Å²) in [6.45, 7) is 6.57. The van der Waals surface area contributed by atoms with Crippen molar-refractivity contribution >= 4 is 34.7 Å². The number of aromatic nitrogens is 1. The summed E-state index contributed by atoms with van der Waals surface area (Å²) in [5.41, 5.74) is 4.45. The maximum Gasteiger partial charge on any atom is 0.162 e. The fourth-order valence-electron chi connectivity index (χ4n) is 4.36. The van der Waals surface area contributed by atoms with Crippen molar-refractivity contribution in [1.29, 1.82) is 0 Å². The molecule has 4 rings (SSSR count). The number of pyridine rings is 1. The van der Waals surface area contributed by atoms with Gasteiger partial charge in [-0.25, -0.2) is 0 Å². The van der Waals surface area contributed by atoms with E-state index in [1.807, 2.05) is 6.07 Å². The second-order valence-corrected chi connectivity index (χ2v) is 8.86. The van der Waals surface area contributed by atoms with Crippen LogP contribution >= 0.6 is 23.2 Å². The van der Waals surface area contributed by atoms with E-state index in [0.29, 0.717) is 16.5 Å². The summed E-state index contributed by atoms with van der Waals surface area (Å²) >= 11 is 12.6. The average Bonchev–Trinajstić information content (AvgIpc) is 2.99. The van der Waals surface area contributed by atoms with Crippen LogP contribution in [0.2, 0.25) is 10.0 Å². The molecule has 0 aliphatic carbocycles. The van der Waals surface area contributed by atoms with E-state index < -0.39 is 0 Å². The molecule has 1 saturated heterocycles. The van der Waals surface area contributed by atoms with E-state index in [-0.39, 0.29) is 5.78 Å². The molecule has 2 aliphatic heterocycles. The third-order valence-electron chi connectivity index (χ3n) is 6.07. The van der Waals surface area contributed by atoms with E-state index in [0.717, 1.165) is 76.3 Å². The Kier molecular flexibility index (Phi) is 7.26. The van der Waals surface area contributed by atoms with E-state index in [1.54, 1.807) is 12.4 Å². The molecule has 0 bridgehead atoms. The maximum absolute atomic E-state index is 12.7. The fraction of sp³-hybridized carbons (Fsp3) is 0.478. The molecule has 0 atom stereocenters. The highest BCUT2D eigenvalue weighted by molar-refractivity contribution is 6.38. The minimum absolute atomic E-state index is 0.254. The van der Waals surface area contributed by atoms with Crippen LogP contribution in [0.4, 0.5) is 5.69 Å². The number of carbonyl (C=O) groups excluding carboxylic acids is 1. The first kappa shape index (κ1) is 21.6. The van der Waals surface area contributed by atoms with Crippen molar-refractivity contribution < 1.29 is 4.79 Å². The van der Waals surface area contributed by atoms with Crippen molar-refractivity contribution in [2.75, 3.05) is 50.7 Å². The van der Waals surface area contributed by atoms with Crippen molar-refractivity contribution in [3.8, 4) is 0 Å². The molecule has 1 aromatic carbocycles. The third kappa shape index (κ3) is 5.14. The smallest absolute Gasteiger partial charge is 0.162 e. The average molecular weight is 447 g/mol. The third-order valence-corrected chi connectivity index (χ3v) is 6.62. The van der Waals surface area contributed by atoms with E-state index in [1.165, 1.54) is 11.1 Å². The summed E-state index contributed by atoms with van der Waals surface area (Å²) in [5, 5.41) is 4.61. The molecule has 2 aromatic rings. The lowest BCUT2D eigenvalue weighted by Crippen LogP contribution is -2.46. The first-order valence-electron chi connectivity index (χ1n) is 10.7. The molecule has 5 nitrogen and oxygen atoms in total. The summed E-state index contributed by atoms with van der Waals surface area (Å²) in [4.78, 5) is 21.4. The SMILES string of the molecule is O=C(CCCN1CCN(c2c(Cl)cncc2Cl)CC1)c1ccc2c(c1)CCNCC2. The van der Waals surface area contributed by atoms with E-state index in [4.69, 9.17) is 23.2 Å². The summed E-state index contributed by atoms with van der Waals surface area (Å²) in [6, 6.07) is 6.27. The van der Waals surface area contributed by atoms with Crippen molar-refractivity contribution in [2.24, 2.45) is 0 Å². The predicted molar refractivity (Wildman–Crippen MR) is 123 cm³/mol. The van der Waals surface area contributed by atoms with Crippen molar-refractivity contribution in [3.05, 3.63) is 57.3 Å². The predicted octanol–water partition coefficient (Wildman–Crippen LogP) is 3.86. The highest BCUT2D eigenvalue weighted by atomic mass is 35.5. The van der Waals surface area contributed by atoms with Gasteiger partial charge in [-0.05, 0) is 56.1 Å². The molecule has 0 saturated carbocycles. The molecular weight excluding hydrogens is 419 g/mol. The van der Waals surface area contributed by atoms with Crippen molar-refractivity contribution in [1.82, 2.24) is 15.2 Å². The summed E-state index contributed by atoms with van der Waals surface area (Å²) in [5.74, 6) is 0.254. The van der Waals surface area contributed by atoms with Gasteiger partial charge < -0.3 is 10.2 Å². The van der Waals surface area contributed by atoms with Gasteiger partial charge in [0.2, 0.25) is 0 Å². The van der Waals surface area contributed by atoms with Gasteiger partial charge in [-0.15, -0.1) is 0 Å². The van der Waals surface area contributed by atoms with Gasteiger partial charge >= 0.3 is 0 Å². The first-order chi connectivity index (χ1) is 14.6. The van der Waals surface area contributed by atoms with E-state index in [9.17, 15) is 4.79 Å². The molecule has 1 aromatic heterocycles. The zero-order valence-corrected chi connectivity index (χ0v) is 18.7. The number of carbonyl (C=O) groups is 1. The number of piperazine rings is 1. The normalized spacial score (nSPS) is 17.5. The molecular formula is C23H28Cl2N4O. The van der Waals surface area contributed by atoms with Gasteiger partial charge in [0.05, 0.1) is 15.7 Å². The van der Waals surface area contributed by atoms with Crippen LogP contribution in [0, 0.1) is 0 Å². The molecule has 7 heteroatoms. The minimum atomic E-state index is 0.254. The Morgan fingerprint density at radius 2 is 1.70 bits per heavy atom. The molecule has 0 unspecified atom stereocenters. The Bertz CT molecular complexity index is 877. The maximum atomic E-state index is 12.7. The highest BCUT2D eigenvalue weighted by Gasteiger charge is 2.21. The largest absolute Gasteiger partial charge is 0.366 e. The second-order valence-electron chi connectivity index (χ2n) is 8.04. The fourth-order valence-corrected chi connectivity index (χ4v) is 4.96. The molecule has 2 aliphatic rings. The number of halogens is 2. The van der Waals surface area contributed by atoms with Crippen LogP contribution in [0.25, 0.3) is 0 Å². The lowest BCUT2D eigenvalue weighted by Gasteiger charge is -2.36. The zero-order chi connectivity index (χ0) is 20.9. The highest BCUT2D eigenvalue weighted by Crippen LogP contribution is 2.33. The van der Waals surface area contributed by atoms with Gasteiger partial charge in [-0.1, -0.05) is 35.3 Å². The summed E-state index contributed by atoms with van der Waals surface area (Å²) in [7, 11) is 0. The van der Waals surface area contributed by atoms with Gasteiger partial charge in [0.1, 0.15) is 0 Å². The number of nitrogens with zero attached hydrogens (tertiary/aromatic N) is 3. The first-order valence-corrected chi connectivity index (χ1v) is 11.5. The molecule has 3 heterocycles. The Morgan fingerprint density at radius 3 is 2.43 bits per heavy atom. The Labute approximate surface area is 188 Å². The lowest BCUT2D eigenvalue weighted by molar-refractivity contribution is 0.0974. The van der Waals surface area contributed by atoms with Gasteiger partial charge in [0, 0.05) is 50.6 Å². The number of Topliss-reactive ketones (excluding diaryl/α,β-unsaturated/α-hetero) is 1. The number of rotatable bonds is 6. The molecule has 160 valence electrons. The van der Waals surface area contributed by atoms with Crippen LogP contribution in [0.1, 0.15) is 34.3 Å². The number of anilines is 1. The quantitative estimate of drug-likeness (QED) is 0.682. The van der Waals surface area contributed by atoms with Crippen LogP contribution in [0.5, 0.6) is 0 Å². The molecule has 0 radical (unpaired) electrons. The zero-order valence-electron chi connectivity index (χ0n) is 17.2. The topological polar surface area (TPSA) is 48.5 Å². The number of hydrogen-bond acceptors (Lipinski definition) is 5.